The van der Waals surface area contributed by atoms with Gasteiger partial charge >= 0.3 is 0 Å². The Kier molecular flexibility index (Phi) is 9.84. The zero-order chi connectivity index (χ0) is 37.8. The maximum Gasteiger partial charge on any atom is 0.264 e. The van der Waals surface area contributed by atoms with Gasteiger partial charge in [0.15, 0.2) is 0 Å². The number of amides is 1. The second-order valence-corrected chi connectivity index (χ2v) is 17.0. The van der Waals surface area contributed by atoms with Crippen molar-refractivity contribution in [3.05, 3.63) is 91.9 Å². The smallest absolute Gasteiger partial charge is 0.264 e. The highest BCUT2D eigenvalue weighted by molar-refractivity contribution is 5.97. The Labute approximate surface area is 314 Å². The zero-order valence-corrected chi connectivity index (χ0v) is 32.8. The molecule has 9 nitrogen and oxygen atoms in total. The number of carbonyl (C=O) groups excluding carboxylic acids is 1. The van der Waals surface area contributed by atoms with E-state index in [-0.39, 0.29) is 34.0 Å². The largest absolute Gasteiger partial charge is 0.496 e. The molecule has 2 aromatic carbocycles. The second-order valence-electron chi connectivity index (χ2n) is 17.0. The van der Waals surface area contributed by atoms with E-state index < -0.39 is 0 Å². The molecule has 53 heavy (non-hydrogen) atoms. The van der Waals surface area contributed by atoms with Gasteiger partial charge in [-0.25, -0.2) is 0 Å². The predicted octanol–water partition coefficient (Wildman–Crippen LogP) is 6.87. The number of fused-ring (bicyclic) bond motifs is 1. The Bertz CT molecular complexity index is 2030. The third-order valence-corrected chi connectivity index (χ3v) is 12.1. The number of piperazine rings is 1. The highest BCUT2D eigenvalue weighted by Crippen LogP contribution is 2.50. The van der Waals surface area contributed by atoms with Crippen molar-refractivity contribution in [3.63, 3.8) is 0 Å². The summed E-state index contributed by atoms with van der Waals surface area (Å²) in [4.78, 5) is 33.7. The van der Waals surface area contributed by atoms with Crippen LogP contribution >= 0.6 is 0 Å². The van der Waals surface area contributed by atoms with Gasteiger partial charge < -0.3 is 18.9 Å². The fraction of sp³-hybridized carbons (Fsp3) is 0.523. The molecule has 1 amide bonds. The molecule has 0 N–H and O–H groups in total. The molecule has 2 aliphatic carbocycles. The number of aromatic nitrogens is 1. The quantitative estimate of drug-likeness (QED) is 0.176. The van der Waals surface area contributed by atoms with Crippen LogP contribution in [-0.4, -0.2) is 71.1 Å². The molecule has 1 spiro atoms. The maximum atomic E-state index is 13.8. The van der Waals surface area contributed by atoms with E-state index >= 15 is 0 Å². The lowest BCUT2D eigenvalue weighted by atomic mass is 9.85. The molecule has 3 heterocycles. The Balaban J connectivity index is 1.09. The minimum Gasteiger partial charge on any atom is -0.496 e. The van der Waals surface area contributed by atoms with Crippen molar-refractivity contribution in [3.8, 4) is 28.7 Å². The molecule has 1 aromatic heterocycles. The van der Waals surface area contributed by atoms with Gasteiger partial charge in [-0.2, -0.15) is 5.26 Å². The first-order valence-electron chi connectivity index (χ1n) is 19.2. The molecule has 1 saturated heterocycles. The number of nitrogens with zero attached hydrogens (tertiary/aromatic N) is 5. The number of ether oxygens (including phenoxy) is 2. The van der Waals surface area contributed by atoms with Crippen LogP contribution in [0.5, 0.6) is 11.5 Å². The number of aryl methyl sites for hydroxylation is 1. The number of pyridine rings is 1. The molecule has 0 radical (unpaired) electrons. The number of allylic oxidation sites excluding steroid dienone is 1. The van der Waals surface area contributed by atoms with Gasteiger partial charge in [-0.15, -0.1) is 0 Å². The fourth-order valence-electron chi connectivity index (χ4n) is 8.89. The normalized spacial score (nSPS) is 20.2. The van der Waals surface area contributed by atoms with Crippen LogP contribution in [0.1, 0.15) is 85.9 Å². The zero-order valence-electron chi connectivity index (χ0n) is 32.8. The first-order valence-corrected chi connectivity index (χ1v) is 19.2. The number of methoxy groups -OCH3 is 2. The van der Waals surface area contributed by atoms with Gasteiger partial charge in [0.1, 0.15) is 23.1 Å². The van der Waals surface area contributed by atoms with Crippen molar-refractivity contribution < 1.29 is 14.3 Å². The van der Waals surface area contributed by atoms with Crippen molar-refractivity contribution in [1.29, 1.82) is 5.26 Å². The number of hydrogen-bond donors (Lipinski definition) is 0. The van der Waals surface area contributed by atoms with Gasteiger partial charge in [0.05, 0.1) is 25.8 Å². The molecule has 4 aliphatic rings. The van der Waals surface area contributed by atoms with Gasteiger partial charge in [-0.05, 0) is 97.2 Å². The minimum absolute atomic E-state index is 0.0162. The van der Waals surface area contributed by atoms with Crippen LogP contribution in [0.15, 0.2) is 53.0 Å². The van der Waals surface area contributed by atoms with Crippen LogP contribution in [0, 0.1) is 36.5 Å². The molecule has 7 rings (SSSR count). The molecule has 280 valence electrons. The summed E-state index contributed by atoms with van der Waals surface area (Å²) in [6.07, 6.45) is 9.16. The van der Waals surface area contributed by atoms with Gasteiger partial charge in [0.2, 0.25) is 0 Å². The Morgan fingerprint density at radius 1 is 1.02 bits per heavy atom. The first-order chi connectivity index (χ1) is 25.3. The summed E-state index contributed by atoms with van der Waals surface area (Å²) in [5.41, 5.74) is 8.97. The van der Waals surface area contributed by atoms with E-state index in [2.05, 4.69) is 46.2 Å². The lowest BCUT2D eigenvalue weighted by molar-refractivity contribution is -0.130. The molecule has 3 fully saturated rings. The number of rotatable bonds is 9. The van der Waals surface area contributed by atoms with Gasteiger partial charge in [-0.1, -0.05) is 45.0 Å². The average Bonchev–Trinajstić information content (AvgIpc) is 4.09. The molecule has 1 unspecified atom stereocenters. The Morgan fingerprint density at radius 3 is 2.32 bits per heavy atom. The standard InChI is InChI=1S/C44H55N5O4/c1-28-29(2)41(50)46(6)25-36(28)32-20-38(52-7)37(39(21-32)53-8)26-47-18-19-48(44(27-47)15-16-44)24-31-10-9-11-35-34(31)14-17-49(40(35)30-12-13-30)42(51)33(23-45)22-43(3,4)5/h9-11,20-22,25,30,40H,12-19,24,26-27H2,1-8H3. The molecule has 1 atom stereocenters. The SMILES string of the molecule is COc1cc(-c2cn(C)c(=O)c(C)c2C)cc(OC)c1CN1CCN(Cc2cccc3c2CCN(C(=O)C(C#N)=CC(C)(C)C)C3C2CC2)C2(CC2)C1. The summed E-state index contributed by atoms with van der Waals surface area (Å²) in [5.74, 6) is 1.92. The van der Waals surface area contributed by atoms with E-state index in [1.807, 2.05) is 51.8 Å². The van der Waals surface area contributed by atoms with Crippen molar-refractivity contribution >= 4 is 5.91 Å². The van der Waals surface area contributed by atoms with Gasteiger partial charge in [0.25, 0.3) is 11.5 Å². The van der Waals surface area contributed by atoms with Crippen molar-refractivity contribution in [2.24, 2.45) is 18.4 Å². The summed E-state index contributed by atoms with van der Waals surface area (Å²) in [6.45, 7) is 15.2. The third-order valence-electron chi connectivity index (χ3n) is 12.1. The van der Waals surface area contributed by atoms with Crippen LogP contribution in [-0.2, 0) is 31.4 Å². The fourth-order valence-corrected chi connectivity index (χ4v) is 8.89. The molecular weight excluding hydrogens is 663 g/mol. The molecular formula is C44H55N5O4. The highest BCUT2D eigenvalue weighted by atomic mass is 16.5. The number of carbonyl (C=O) groups is 1. The molecule has 2 saturated carbocycles. The predicted molar refractivity (Wildman–Crippen MR) is 208 cm³/mol. The lowest BCUT2D eigenvalue weighted by Gasteiger charge is -2.43. The molecule has 3 aromatic rings. The van der Waals surface area contributed by atoms with Crippen LogP contribution in [0.25, 0.3) is 11.1 Å². The summed E-state index contributed by atoms with van der Waals surface area (Å²) in [7, 11) is 5.23. The Hall–Kier alpha value is -4.39. The molecule has 2 aliphatic heterocycles. The van der Waals surface area contributed by atoms with Crippen LogP contribution in [0.2, 0.25) is 0 Å². The van der Waals surface area contributed by atoms with Crippen LogP contribution in [0.4, 0.5) is 0 Å². The van der Waals surface area contributed by atoms with Crippen molar-refractivity contribution in [1.82, 2.24) is 19.3 Å². The summed E-state index contributed by atoms with van der Waals surface area (Å²) >= 11 is 0. The van der Waals surface area contributed by atoms with E-state index in [9.17, 15) is 14.9 Å². The molecule has 0 bridgehead atoms. The van der Waals surface area contributed by atoms with Crippen LogP contribution < -0.4 is 15.0 Å². The van der Waals surface area contributed by atoms with Crippen LogP contribution in [0.3, 0.4) is 0 Å². The van der Waals surface area contributed by atoms with Gasteiger partial charge in [0, 0.05) is 69.2 Å². The van der Waals surface area contributed by atoms with E-state index in [0.717, 1.165) is 91.3 Å². The number of benzene rings is 2. The van der Waals surface area contributed by atoms with Crippen molar-refractivity contribution in [2.45, 2.75) is 91.4 Å². The summed E-state index contributed by atoms with van der Waals surface area (Å²) in [5, 5.41) is 9.95. The molecule has 9 heteroatoms. The van der Waals surface area contributed by atoms with E-state index in [0.29, 0.717) is 12.5 Å². The first kappa shape index (κ1) is 36.9. The number of hydrogen-bond acceptors (Lipinski definition) is 7. The average molecular weight is 718 g/mol. The third kappa shape index (κ3) is 7.16. The monoisotopic (exact) mass is 717 g/mol. The van der Waals surface area contributed by atoms with E-state index in [4.69, 9.17) is 9.47 Å². The lowest BCUT2D eigenvalue weighted by Crippen LogP contribution is -2.54. The summed E-state index contributed by atoms with van der Waals surface area (Å²) < 4.78 is 13.6. The highest BCUT2D eigenvalue weighted by Gasteiger charge is 2.51. The van der Waals surface area contributed by atoms with E-state index in [1.54, 1.807) is 25.8 Å². The Morgan fingerprint density at radius 2 is 1.72 bits per heavy atom. The topological polar surface area (TPSA) is 91.0 Å². The number of nitriles is 1. The van der Waals surface area contributed by atoms with E-state index in [1.165, 1.54) is 29.5 Å². The maximum absolute atomic E-state index is 13.8. The summed E-state index contributed by atoms with van der Waals surface area (Å²) in [6, 6.07) is 13.1. The second kappa shape index (κ2) is 14.1. The minimum atomic E-state index is -0.244. The van der Waals surface area contributed by atoms with Crippen molar-refractivity contribution in [2.75, 3.05) is 40.4 Å². The van der Waals surface area contributed by atoms with Gasteiger partial charge in [-0.3, -0.25) is 19.4 Å².